The van der Waals surface area contributed by atoms with E-state index in [0.29, 0.717) is 34.9 Å². The molecule has 1 heterocycles. The van der Waals surface area contributed by atoms with E-state index in [1.807, 2.05) is 0 Å². The fourth-order valence-corrected chi connectivity index (χ4v) is 2.85. The van der Waals surface area contributed by atoms with Crippen molar-refractivity contribution < 1.29 is 14.2 Å². The van der Waals surface area contributed by atoms with Gasteiger partial charge in [-0.3, -0.25) is 0 Å². The van der Waals surface area contributed by atoms with Gasteiger partial charge in [0.05, 0.1) is 5.56 Å². The zero-order valence-electron chi connectivity index (χ0n) is 11.3. The van der Waals surface area contributed by atoms with Gasteiger partial charge in [-0.05, 0) is 30.5 Å². The first-order chi connectivity index (χ1) is 10.1. The molecule has 110 valence electrons. The summed E-state index contributed by atoms with van der Waals surface area (Å²) in [5.74, 6) is -0.637. The molecule has 0 radical (unpaired) electrons. The molecule has 3 nitrogen and oxygen atoms in total. The Hall–Kier alpha value is -1.78. The highest BCUT2D eigenvalue weighted by Gasteiger charge is 2.27. The van der Waals surface area contributed by atoms with Crippen molar-refractivity contribution in [3.8, 4) is 22.6 Å². The van der Waals surface area contributed by atoms with Gasteiger partial charge < -0.3 is 15.6 Å². The molecule has 0 spiro atoms. The SMILES string of the molecule is NC[C@H]1CCc2cc(F)c(O)c(-c3ccccc3Cl)c2O1. The monoisotopic (exact) mass is 307 g/mol. The molecule has 0 fully saturated rings. The van der Waals surface area contributed by atoms with Gasteiger partial charge in [-0.25, -0.2) is 4.39 Å². The van der Waals surface area contributed by atoms with E-state index in [1.165, 1.54) is 6.07 Å². The number of hydrogen-bond donors (Lipinski definition) is 2. The molecule has 0 bridgehead atoms. The fourth-order valence-electron chi connectivity index (χ4n) is 2.62. The molecule has 1 aliphatic heterocycles. The van der Waals surface area contributed by atoms with E-state index in [0.717, 1.165) is 12.0 Å². The summed E-state index contributed by atoms with van der Waals surface area (Å²) < 4.78 is 19.8. The molecular weight excluding hydrogens is 293 g/mol. The summed E-state index contributed by atoms with van der Waals surface area (Å²) in [5, 5.41) is 10.6. The minimum atomic E-state index is -0.668. The van der Waals surface area contributed by atoms with Crippen LogP contribution in [0.1, 0.15) is 12.0 Å². The number of aryl methyl sites for hydroxylation is 1. The van der Waals surface area contributed by atoms with Crippen molar-refractivity contribution in [1.82, 2.24) is 0 Å². The third-order valence-electron chi connectivity index (χ3n) is 3.71. The van der Waals surface area contributed by atoms with E-state index in [2.05, 4.69) is 0 Å². The van der Waals surface area contributed by atoms with E-state index < -0.39 is 11.6 Å². The fraction of sp³-hybridized carbons (Fsp3) is 0.250. The number of phenolic OH excluding ortho intramolecular Hbond substituents is 1. The van der Waals surface area contributed by atoms with Crippen LogP contribution in [0.3, 0.4) is 0 Å². The molecule has 0 aromatic heterocycles. The summed E-state index contributed by atoms with van der Waals surface area (Å²) >= 11 is 6.18. The molecule has 0 unspecified atom stereocenters. The van der Waals surface area contributed by atoms with Gasteiger partial charge in [-0.15, -0.1) is 0 Å². The molecule has 1 atom stereocenters. The van der Waals surface area contributed by atoms with Crippen molar-refractivity contribution >= 4 is 11.6 Å². The number of phenols is 1. The highest BCUT2D eigenvalue weighted by atomic mass is 35.5. The van der Waals surface area contributed by atoms with E-state index >= 15 is 0 Å². The lowest BCUT2D eigenvalue weighted by atomic mass is 9.94. The van der Waals surface area contributed by atoms with Crippen molar-refractivity contribution in [3.05, 3.63) is 46.7 Å². The number of halogens is 2. The Bertz CT molecular complexity index is 690. The van der Waals surface area contributed by atoms with Crippen LogP contribution in [0.15, 0.2) is 30.3 Å². The average Bonchev–Trinajstić information content (AvgIpc) is 2.49. The van der Waals surface area contributed by atoms with Crippen LogP contribution in [0.2, 0.25) is 5.02 Å². The maximum absolute atomic E-state index is 14.0. The molecule has 5 heteroatoms. The average molecular weight is 308 g/mol. The number of benzene rings is 2. The van der Waals surface area contributed by atoms with Crippen LogP contribution in [-0.2, 0) is 6.42 Å². The van der Waals surface area contributed by atoms with Gasteiger partial charge >= 0.3 is 0 Å². The predicted molar refractivity (Wildman–Crippen MR) is 80.3 cm³/mol. The van der Waals surface area contributed by atoms with Crippen LogP contribution in [0, 0.1) is 5.82 Å². The molecule has 2 aromatic rings. The van der Waals surface area contributed by atoms with E-state index in [-0.39, 0.29) is 6.10 Å². The zero-order chi connectivity index (χ0) is 15.0. The molecule has 3 N–H and O–H groups in total. The first-order valence-corrected chi connectivity index (χ1v) is 7.15. The molecule has 2 aromatic carbocycles. The lowest BCUT2D eigenvalue weighted by Crippen LogP contribution is -2.30. The number of aromatic hydroxyl groups is 1. The second-order valence-corrected chi connectivity index (χ2v) is 5.47. The summed E-state index contributed by atoms with van der Waals surface area (Å²) in [6.07, 6.45) is 1.25. The van der Waals surface area contributed by atoms with Crippen molar-refractivity contribution in [2.75, 3.05) is 6.54 Å². The van der Waals surface area contributed by atoms with Gasteiger partial charge in [-0.1, -0.05) is 29.8 Å². The predicted octanol–water partition coefficient (Wildman–Crippen LogP) is 3.50. The van der Waals surface area contributed by atoms with Gasteiger partial charge in [-0.2, -0.15) is 0 Å². The molecule has 21 heavy (non-hydrogen) atoms. The summed E-state index contributed by atoms with van der Waals surface area (Å²) in [7, 11) is 0. The van der Waals surface area contributed by atoms with Gasteiger partial charge in [0.15, 0.2) is 11.6 Å². The normalized spacial score (nSPS) is 17.2. The Morgan fingerprint density at radius 2 is 2.14 bits per heavy atom. The van der Waals surface area contributed by atoms with Gasteiger partial charge in [0.2, 0.25) is 0 Å². The number of ether oxygens (including phenoxy) is 1. The topological polar surface area (TPSA) is 55.5 Å². The molecule has 0 saturated heterocycles. The maximum atomic E-state index is 14.0. The van der Waals surface area contributed by atoms with Gasteiger partial charge in [0.25, 0.3) is 0 Å². The Morgan fingerprint density at radius 1 is 1.38 bits per heavy atom. The van der Waals surface area contributed by atoms with Crippen molar-refractivity contribution in [2.24, 2.45) is 5.73 Å². The quantitative estimate of drug-likeness (QED) is 0.893. The van der Waals surface area contributed by atoms with Crippen LogP contribution in [-0.4, -0.2) is 17.8 Å². The maximum Gasteiger partial charge on any atom is 0.166 e. The molecular formula is C16H15ClFNO2. The first kappa shape index (κ1) is 14.2. The molecule has 0 aliphatic carbocycles. The summed E-state index contributed by atoms with van der Waals surface area (Å²) in [4.78, 5) is 0. The van der Waals surface area contributed by atoms with Crippen LogP contribution in [0.5, 0.6) is 11.5 Å². The van der Waals surface area contributed by atoms with E-state index in [9.17, 15) is 9.50 Å². The highest BCUT2D eigenvalue weighted by molar-refractivity contribution is 6.33. The van der Waals surface area contributed by atoms with Crippen LogP contribution in [0.25, 0.3) is 11.1 Å². The Balaban J connectivity index is 2.24. The van der Waals surface area contributed by atoms with Gasteiger partial charge in [0, 0.05) is 17.1 Å². The third kappa shape index (κ3) is 2.45. The van der Waals surface area contributed by atoms with Crippen molar-refractivity contribution in [1.29, 1.82) is 0 Å². The minimum absolute atomic E-state index is 0.136. The van der Waals surface area contributed by atoms with E-state index in [4.69, 9.17) is 22.1 Å². The highest BCUT2D eigenvalue weighted by Crippen LogP contribution is 2.46. The minimum Gasteiger partial charge on any atom is -0.504 e. The van der Waals surface area contributed by atoms with E-state index in [1.54, 1.807) is 24.3 Å². The summed E-state index contributed by atoms with van der Waals surface area (Å²) in [6, 6.07) is 8.29. The largest absolute Gasteiger partial charge is 0.504 e. The van der Waals surface area contributed by atoms with Crippen molar-refractivity contribution in [2.45, 2.75) is 18.9 Å². The van der Waals surface area contributed by atoms with Gasteiger partial charge in [0.1, 0.15) is 11.9 Å². The van der Waals surface area contributed by atoms with Crippen molar-refractivity contribution in [3.63, 3.8) is 0 Å². The molecule has 3 rings (SSSR count). The summed E-state index contributed by atoms with van der Waals surface area (Å²) in [6.45, 7) is 0.375. The molecule has 1 aliphatic rings. The standard InChI is InChI=1S/C16H15ClFNO2/c17-12-4-2-1-3-11(12)14-15(20)13(18)7-9-5-6-10(8-19)21-16(9)14/h1-4,7,10,20H,5-6,8,19H2/t10-/m1/s1. The Morgan fingerprint density at radius 3 is 2.86 bits per heavy atom. The summed E-state index contributed by atoms with van der Waals surface area (Å²) in [5.41, 5.74) is 7.23. The third-order valence-corrected chi connectivity index (χ3v) is 4.04. The smallest absolute Gasteiger partial charge is 0.166 e. The number of hydrogen-bond acceptors (Lipinski definition) is 3. The molecule has 0 saturated carbocycles. The first-order valence-electron chi connectivity index (χ1n) is 6.77. The number of rotatable bonds is 2. The zero-order valence-corrected chi connectivity index (χ0v) is 12.0. The number of nitrogens with two attached hydrogens (primary N) is 1. The van der Waals surface area contributed by atoms with Crippen LogP contribution < -0.4 is 10.5 Å². The van der Waals surface area contributed by atoms with Crippen LogP contribution >= 0.6 is 11.6 Å². The molecule has 0 amide bonds. The Kier molecular flexibility index (Phi) is 3.74. The lowest BCUT2D eigenvalue weighted by molar-refractivity contribution is 0.181. The lowest BCUT2D eigenvalue weighted by Gasteiger charge is -2.28. The number of fused-ring (bicyclic) bond motifs is 1. The second kappa shape index (κ2) is 5.54. The second-order valence-electron chi connectivity index (χ2n) is 5.06. The Labute approximate surface area is 127 Å². The van der Waals surface area contributed by atoms with Crippen LogP contribution in [0.4, 0.5) is 4.39 Å².